The van der Waals surface area contributed by atoms with Crippen molar-refractivity contribution >= 4 is 17.8 Å². The van der Waals surface area contributed by atoms with Crippen LogP contribution < -0.4 is 5.32 Å². The lowest BCUT2D eigenvalue weighted by Crippen LogP contribution is -2.67. The van der Waals surface area contributed by atoms with E-state index >= 15 is 0 Å². The number of esters is 1. The molecule has 8 heteroatoms. The summed E-state index contributed by atoms with van der Waals surface area (Å²) in [7, 11) is 0. The number of hydrogen-bond acceptors (Lipinski definition) is 5. The van der Waals surface area contributed by atoms with Gasteiger partial charge in [-0.3, -0.25) is 19.5 Å². The minimum Gasteiger partial charge on any atom is -0.481 e. The summed E-state index contributed by atoms with van der Waals surface area (Å²) in [5.41, 5.74) is 2.92. The van der Waals surface area contributed by atoms with Crippen LogP contribution in [0.1, 0.15) is 158 Å². The standard InChI is InChI=1S/C43H67N3O5.CH4/c1-26(2)29-13-18-43(22-34(47)44-25-28-21-27(3)45-46-28)20-19-41(9)30(37(29)43)11-12-32-40(8)16-15-33(39(6,7)31(40)14-17-42(32,41)10)51-36(50)24-38(4,5)23-35(48)49;/h21,29-33,37H,1,11-20,22-25H2,2-10H3,(H,44,47)(H,45,46)(H,48,49);1H4/t29-,30+,31-,32+,33-,37+,40-,41+,42+,43+;/m0./s1. The molecule has 0 unspecified atom stereocenters. The minimum atomic E-state index is -0.885. The molecule has 3 N–H and O–H groups in total. The molecule has 8 nitrogen and oxygen atoms in total. The Balaban J connectivity index is 0.00000523. The molecule has 5 aliphatic carbocycles. The average molecular weight is 722 g/mol. The van der Waals surface area contributed by atoms with E-state index in [2.05, 4.69) is 63.6 Å². The third-order valence-electron chi connectivity index (χ3n) is 16.4. The molecule has 6 rings (SSSR count). The van der Waals surface area contributed by atoms with Gasteiger partial charge in [0.2, 0.25) is 5.91 Å². The van der Waals surface area contributed by atoms with Crippen LogP contribution in [0.3, 0.4) is 0 Å². The highest BCUT2D eigenvalue weighted by Gasteiger charge is 2.71. The van der Waals surface area contributed by atoms with Gasteiger partial charge in [0, 0.05) is 17.5 Å². The Labute approximate surface area is 314 Å². The highest BCUT2D eigenvalue weighted by Crippen LogP contribution is 2.78. The number of carbonyl (C=O) groups excluding carboxylic acids is 2. The number of carboxylic acid groups (broad SMARTS) is 1. The number of hydrogen-bond donors (Lipinski definition) is 3. The van der Waals surface area contributed by atoms with Crippen molar-refractivity contribution in [2.75, 3.05) is 0 Å². The monoisotopic (exact) mass is 722 g/mol. The van der Waals surface area contributed by atoms with Gasteiger partial charge in [-0.15, -0.1) is 0 Å². The SMILES string of the molecule is C.C=C(C)[C@@H]1CC[C@]2(CC(=O)NCc3cc(C)[nH]n3)CC[C@]3(C)[C@H](CC[C@@H]4[C@@]5(C)CC[C@H](OC(=O)CC(C)(C)CC(=O)O)C(C)(C)[C@@H]5CC[C@]43C)[C@@H]12. The number of ether oxygens (including phenoxy) is 1. The Morgan fingerprint density at radius 1 is 0.962 bits per heavy atom. The molecule has 10 atom stereocenters. The first kappa shape index (κ1) is 40.5. The highest BCUT2D eigenvalue weighted by molar-refractivity contribution is 5.77. The lowest BCUT2D eigenvalue weighted by molar-refractivity contribution is -0.250. The minimum absolute atomic E-state index is 0. The van der Waals surface area contributed by atoms with Crippen molar-refractivity contribution in [1.29, 1.82) is 0 Å². The summed E-state index contributed by atoms with van der Waals surface area (Å²) in [6.07, 6.45) is 11.7. The largest absolute Gasteiger partial charge is 0.481 e. The van der Waals surface area contributed by atoms with E-state index < -0.39 is 11.4 Å². The maximum absolute atomic E-state index is 13.7. The number of amides is 1. The van der Waals surface area contributed by atoms with Crippen molar-refractivity contribution in [3.63, 3.8) is 0 Å². The number of rotatable bonds is 10. The number of aromatic amines is 1. The molecule has 5 aliphatic rings. The van der Waals surface area contributed by atoms with E-state index in [0.29, 0.717) is 42.6 Å². The molecule has 1 heterocycles. The highest BCUT2D eigenvalue weighted by atomic mass is 16.5. The van der Waals surface area contributed by atoms with Gasteiger partial charge in [-0.05, 0) is 141 Å². The van der Waals surface area contributed by atoms with E-state index in [1.54, 1.807) is 0 Å². The average Bonchev–Trinajstić information content (AvgIpc) is 3.60. The number of allylic oxidation sites excluding steroid dienone is 1. The van der Waals surface area contributed by atoms with Gasteiger partial charge in [0.15, 0.2) is 0 Å². The third-order valence-corrected chi connectivity index (χ3v) is 16.4. The van der Waals surface area contributed by atoms with Gasteiger partial charge in [-0.25, -0.2) is 0 Å². The van der Waals surface area contributed by atoms with E-state index in [9.17, 15) is 19.5 Å². The summed E-state index contributed by atoms with van der Waals surface area (Å²) >= 11 is 0. The topological polar surface area (TPSA) is 121 Å². The molecular weight excluding hydrogens is 651 g/mol. The summed E-state index contributed by atoms with van der Waals surface area (Å²) in [6, 6.07) is 2.00. The molecular formula is C44H71N3O5. The van der Waals surface area contributed by atoms with Crippen molar-refractivity contribution in [3.05, 3.63) is 29.6 Å². The molecule has 1 aromatic rings. The van der Waals surface area contributed by atoms with Crippen LogP contribution in [0.4, 0.5) is 0 Å². The Bertz CT molecular complexity index is 1550. The predicted octanol–water partition coefficient (Wildman–Crippen LogP) is 9.82. The molecule has 52 heavy (non-hydrogen) atoms. The Hall–Kier alpha value is -2.64. The number of carboxylic acids is 1. The quantitative estimate of drug-likeness (QED) is 0.163. The molecule has 5 fully saturated rings. The predicted molar refractivity (Wildman–Crippen MR) is 206 cm³/mol. The molecule has 0 aliphatic heterocycles. The van der Waals surface area contributed by atoms with E-state index in [0.717, 1.165) is 49.9 Å². The first-order valence-corrected chi connectivity index (χ1v) is 20.0. The van der Waals surface area contributed by atoms with Crippen LogP contribution in [-0.4, -0.2) is 39.3 Å². The summed E-state index contributed by atoms with van der Waals surface area (Å²) < 4.78 is 6.27. The maximum Gasteiger partial charge on any atom is 0.306 e. The zero-order valence-corrected chi connectivity index (χ0v) is 33.2. The van der Waals surface area contributed by atoms with Crippen molar-refractivity contribution in [2.24, 2.45) is 62.1 Å². The normalized spacial score (nSPS) is 39.1. The maximum atomic E-state index is 13.7. The summed E-state index contributed by atoms with van der Waals surface area (Å²) in [6.45, 7) is 25.4. The van der Waals surface area contributed by atoms with Gasteiger partial charge in [0.25, 0.3) is 0 Å². The lowest BCUT2D eigenvalue weighted by Gasteiger charge is -2.73. The molecule has 1 amide bonds. The number of aryl methyl sites for hydroxylation is 1. The molecule has 0 radical (unpaired) electrons. The number of nitrogens with one attached hydrogen (secondary N) is 2. The van der Waals surface area contributed by atoms with E-state index in [1.165, 1.54) is 31.3 Å². The molecule has 292 valence electrons. The van der Waals surface area contributed by atoms with Crippen molar-refractivity contribution in [2.45, 2.75) is 166 Å². The second-order valence-corrected chi connectivity index (χ2v) is 20.3. The molecule has 0 bridgehead atoms. The second-order valence-electron chi connectivity index (χ2n) is 20.3. The van der Waals surface area contributed by atoms with Gasteiger partial charge in [0.05, 0.1) is 25.1 Å². The molecule has 0 saturated heterocycles. The van der Waals surface area contributed by atoms with Crippen LogP contribution in [0.2, 0.25) is 0 Å². The summed E-state index contributed by atoms with van der Waals surface area (Å²) in [4.78, 5) is 38.3. The zero-order chi connectivity index (χ0) is 37.4. The van der Waals surface area contributed by atoms with Crippen LogP contribution in [-0.2, 0) is 25.7 Å². The van der Waals surface area contributed by atoms with Crippen LogP contribution in [0.15, 0.2) is 18.2 Å². The first-order chi connectivity index (χ1) is 23.7. The van der Waals surface area contributed by atoms with Gasteiger partial charge < -0.3 is 15.2 Å². The van der Waals surface area contributed by atoms with Gasteiger partial charge >= 0.3 is 11.9 Å². The fourth-order valence-corrected chi connectivity index (χ4v) is 14.0. The lowest BCUT2D eigenvalue weighted by atomic mass is 9.32. The summed E-state index contributed by atoms with van der Waals surface area (Å²) in [5.74, 6) is 1.55. The smallest absolute Gasteiger partial charge is 0.306 e. The van der Waals surface area contributed by atoms with Crippen LogP contribution in [0, 0.1) is 69.0 Å². The number of aromatic nitrogens is 2. The number of H-pyrrole nitrogens is 1. The fourth-order valence-electron chi connectivity index (χ4n) is 14.0. The number of carbonyl (C=O) groups is 3. The van der Waals surface area contributed by atoms with Gasteiger partial charge in [0.1, 0.15) is 6.10 Å². The second kappa shape index (κ2) is 13.9. The zero-order valence-electron chi connectivity index (χ0n) is 33.2. The van der Waals surface area contributed by atoms with Gasteiger partial charge in [-0.1, -0.05) is 68.0 Å². The van der Waals surface area contributed by atoms with Crippen molar-refractivity contribution in [1.82, 2.24) is 15.5 Å². The first-order valence-electron chi connectivity index (χ1n) is 20.0. The van der Waals surface area contributed by atoms with Crippen LogP contribution >= 0.6 is 0 Å². The number of aliphatic carboxylic acids is 1. The number of fused-ring (bicyclic) bond motifs is 7. The van der Waals surface area contributed by atoms with Crippen LogP contribution in [0.5, 0.6) is 0 Å². The van der Waals surface area contributed by atoms with E-state index in [-0.39, 0.29) is 65.3 Å². The van der Waals surface area contributed by atoms with E-state index in [4.69, 9.17) is 4.74 Å². The molecule has 5 saturated carbocycles. The Morgan fingerprint density at radius 2 is 1.67 bits per heavy atom. The Morgan fingerprint density at radius 3 is 2.31 bits per heavy atom. The third kappa shape index (κ3) is 6.69. The summed E-state index contributed by atoms with van der Waals surface area (Å²) in [5, 5.41) is 19.9. The molecule has 0 spiro atoms. The van der Waals surface area contributed by atoms with Crippen molar-refractivity contribution < 1.29 is 24.2 Å². The molecule has 1 aromatic heterocycles. The van der Waals surface area contributed by atoms with Crippen molar-refractivity contribution in [3.8, 4) is 0 Å². The van der Waals surface area contributed by atoms with E-state index in [1.807, 2.05) is 26.8 Å². The van der Waals surface area contributed by atoms with Gasteiger partial charge in [-0.2, -0.15) is 5.10 Å². The van der Waals surface area contributed by atoms with Crippen LogP contribution in [0.25, 0.3) is 0 Å². The Kier molecular flexibility index (Phi) is 10.8. The molecule has 0 aromatic carbocycles. The number of nitrogens with zero attached hydrogens (tertiary/aromatic N) is 1. The fraction of sp³-hybridized carbons (Fsp3) is 0.818.